The van der Waals surface area contributed by atoms with E-state index in [1.807, 2.05) is 60.7 Å². The normalized spacial score (nSPS) is 11.0. The van der Waals surface area contributed by atoms with E-state index in [-0.39, 0.29) is 18.1 Å². The minimum absolute atomic E-state index is 0.0778. The largest absolute Gasteiger partial charge is 0.479 e. The van der Waals surface area contributed by atoms with Gasteiger partial charge in [0.1, 0.15) is 12.4 Å². The summed E-state index contributed by atoms with van der Waals surface area (Å²) in [6.07, 6.45) is 1.80. The molecule has 0 fully saturated rings. The second kappa shape index (κ2) is 10.8. The van der Waals surface area contributed by atoms with Gasteiger partial charge in [-0.15, -0.1) is 0 Å². The summed E-state index contributed by atoms with van der Waals surface area (Å²) in [7, 11) is 0. The first-order valence-electron chi connectivity index (χ1n) is 11.5. The van der Waals surface area contributed by atoms with Gasteiger partial charge in [0.25, 0.3) is 5.91 Å². The van der Waals surface area contributed by atoms with Crippen molar-refractivity contribution in [2.24, 2.45) is 0 Å². The van der Waals surface area contributed by atoms with E-state index in [1.165, 1.54) is 12.1 Å². The molecule has 0 aliphatic rings. The van der Waals surface area contributed by atoms with Crippen LogP contribution in [0.3, 0.4) is 0 Å². The fourth-order valence-corrected chi connectivity index (χ4v) is 3.79. The lowest BCUT2D eigenvalue weighted by atomic mass is 10.1. The molecule has 5 rings (SSSR count). The number of carbonyl (C=O) groups excluding carboxylic acids is 1. The highest BCUT2D eigenvalue weighted by atomic mass is 19.2. The minimum atomic E-state index is -2.29. The van der Waals surface area contributed by atoms with Crippen LogP contribution in [0.5, 0.6) is 5.75 Å². The smallest absolute Gasteiger partial charge is 0.287 e. The summed E-state index contributed by atoms with van der Waals surface area (Å²) in [6.45, 7) is -0.597. The molecule has 0 spiro atoms. The molecule has 2 aromatic heterocycles. The topological polar surface area (TPSA) is 69.3 Å². The minimum Gasteiger partial charge on any atom is -0.479 e. The molecule has 0 aliphatic carbocycles. The van der Waals surface area contributed by atoms with Gasteiger partial charge in [-0.05, 0) is 24.3 Å². The molecule has 0 saturated heterocycles. The summed E-state index contributed by atoms with van der Waals surface area (Å²) in [5, 5.41) is 7.41. The molecule has 5 aromatic rings. The molecule has 0 bridgehead atoms. The Morgan fingerprint density at radius 2 is 1.44 bits per heavy atom. The van der Waals surface area contributed by atoms with Gasteiger partial charge in [-0.1, -0.05) is 48.5 Å². The second-order valence-electron chi connectivity index (χ2n) is 8.29. The van der Waals surface area contributed by atoms with E-state index in [2.05, 4.69) is 10.4 Å². The third-order valence-corrected chi connectivity index (χ3v) is 5.71. The van der Waals surface area contributed by atoms with Crippen LogP contribution in [0.1, 0.15) is 21.9 Å². The zero-order chi connectivity index (χ0) is 27.5. The maximum absolute atomic E-state index is 13.8. The van der Waals surface area contributed by atoms with Gasteiger partial charge < -0.3 is 14.5 Å². The summed E-state index contributed by atoms with van der Waals surface area (Å²) < 4.78 is 79.4. The standard InChI is InChI=1S/C28H18F5N3O3/c29-21-22(30)24(32)27(25(33)23(21)31)38-15-19-11-12-20(39-19)28(37)34-13-17-14-36(18-9-5-2-6-10-18)35-26(17)16-7-3-1-4-8-16/h1-12,14H,13,15H2,(H,34,37). The van der Waals surface area contributed by atoms with Crippen molar-refractivity contribution in [3.63, 3.8) is 0 Å². The summed E-state index contributed by atoms with van der Waals surface area (Å²) in [5.41, 5.74) is 3.06. The molecule has 11 heteroatoms. The van der Waals surface area contributed by atoms with Crippen molar-refractivity contribution in [3.05, 3.63) is 125 Å². The first-order valence-corrected chi connectivity index (χ1v) is 11.5. The molecular weight excluding hydrogens is 521 g/mol. The van der Waals surface area contributed by atoms with Crippen LogP contribution in [0.2, 0.25) is 0 Å². The van der Waals surface area contributed by atoms with Crippen LogP contribution in [-0.4, -0.2) is 15.7 Å². The van der Waals surface area contributed by atoms with Gasteiger partial charge in [-0.3, -0.25) is 4.79 Å². The highest BCUT2D eigenvalue weighted by Gasteiger charge is 2.27. The van der Waals surface area contributed by atoms with Crippen molar-refractivity contribution in [2.75, 3.05) is 0 Å². The van der Waals surface area contributed by atoms with Crippen molar-refractivity contribution in [1.82, 2.24) is 15.1 Å². The number of halogens is 5. The number of nitrogens with zero attached hydrogens (tertiary/aromatic N) is 2. The van der Waals surface area contributed by atoms with Gasteiger partial charge in [0, 0.05) is 23.9 Å². The van der Waals surface area contributed by atoms with Crippen LogP contribution in [-0.2, 0) is 13.2 Å². The number of hydrogen-bond acceptors (Lipinski definition) is 4. The van der Waals surface area contributed by atoms with E-state index in [4.69, 9.17) is 9.15 Å². The molecule has 1 N–H and O–H groups in total. The quantitative estimate of drug-likeness (QED) is 0.142. The number of para-hydroxylation sites is 1. The van der Waals surface area contributed by atoms with Crippen molar-refractivity contribution >= 4 is 5.91 Å². The summed E-state index contributed by atoms with van der Waals surface area (Å²) >= 11 is 0. The van der Waals surface area contributed by atoms with Crippen LogP contribution in [0.15, 0.2) is 83.4 Å². The average molecular weight is 539 g/mol. The van der Waals surface area contributed by atoms with Crippen molar-refractivity contribution < 1.29 is 35.9 Å². The monoisotopic (exact) mass is 539 g/mol. The number of furan rings is 1. The number of ether oxygens (including phenoxy) is 1. The first-order chi connectivity index (χ1) is 18.8. The van der Waals surface area contributed by atoms with E-state index in [0.717, 1.165) is 16.8 Å². The molecule has 1 amide bonds. The molecule has 198 valence electrons. The molecule has 0 unspecified atom stereocenters. The predicted molar refractivity (Wildman–Crippen MR) is 129 cm³/mol. The number of benzene rings is 3. The molecular formula is C28H18F5N3O3. The zero-order valence-corrected chi connectivity index (χ0v) is 19.9. The Balaban J connectivity index is 1.29. The molecule has 6 nitrogen and oxygen atoms in total. The van der Waals surface area contributed by atoms with Gasteiger partial charge in [0.2, 0.25) is 29.1 Å². The van der Waals surface area contributed by atoms with Crippen molar-refractivity contribution in [1.29, 1.82) is 0 Å². The van der Waals surface area contributed by atoms with E-state index < -0.39 is 47.3 Å². The highest BCUT2D eigenvalue weighted by molar-refractivity contribution is 5.91. The summed E-state index contributed by atoms with van der Waals surface area (Å²) in [4.78, 5) is 12.7. The fraction of sp³-hybridized carbons (Fsp3) is 0.0714. The number of aromatic nitrogens is 2. The van der Waals surface area contributed by atoms with E-state index in [0.29, 0.717) is 5.69 Å². The number of carbonyl (C=O) groups is 1. The van der Waals surface area contributed by atoms with Gasteiger partial charge in [-0.2, -0.15) is 13.9 Å². The lowest BCUT2D eigenvalue weighted by molar-refractivity contribution is 0.0918. The Labute approximate surface area is 218 Å². The molecule has 0 atom stereocenters. The van der Waals surface area contributed by atoms with Crippen LogP contribution in [0, 0.1) is 29.1 Å². The Morgan fingerprint density at radius 3 is 2.10 bits per heavy atom. The van der Waals surface area contributed by atoms with Gasteiger partial charge in [-0.25, -0.2) is 17.9 Å². The summed E-state index contributed by atoms with van der Waals surface area (Å²) in [6, 6.07) is 21.4. The third-order valence-electron chi connectivity index (χ3n) is 5.71. The number of nitrogens with one attached hydrogen (secondary N) is 1. The lowest BCUT2D eigenvalue weighted by Gasteiger charge is -2.09. The molecule has 0 radical (unpaired) electrons. The van der Waals surface area contributed by atoms with Gasteiger partial charge in [0.05, 0.1) is 11.4 Å². The fourth-order valence-electron chi connectivity index (χ4n) is 3.79. The van der Waals surface area contributed by atoms with Crippen molar-refractivity contribution in [3.8, 4) is 22.7 Å². The molecule has 0 aliphatic heterocycles. The molecule has 39 heavy (non-hydrogen) atoms. The van der Waals surface area contributed by atoms with Crippen LogP contribution < -0.4 is 10.1 Å². The Kier molecular flexibility index (Phi) is 7.13. The SMILES string of the molecule is O=C(NCc1cn(-c2ccccc2)nc1-c1ccccc1)c1ccc(COc2c(F)c(F)c(F)c(F)c2F)o1. The van der Waals surface area contributed by atoms with E-state index >= 15 is 0 Å². The lowest BCUT2D eigenvalue weighted by Crippen LogP contribution is -2.22. The van der Waals surface area contributed by atoms with Crippen LogP contribution in [0.25, 0.3) is 16.9 Å². The van der Waals surface area contributed by atoms with Crippen LogP contribution in [0.4, 0.5) is 22.0 Å². The zero-order valence-electron chi connectivity index (χ0n) is 19.9. The Bertz CT molecular complexity index is 1610. The van der Waals surface area contributed by atoms with Gasteiger partial charge in [0.15, 0.2) is 11.5 Å². The van der Waals surface area contributed by atoms with Crippen LogP contribution >= 0.6 is 0 Å². The molecule has 0 saturated carbocycles. The number of hydrogen-bond donors (Lipinski definition) is 1. The maximum atomic E-state index is 13.8. The second-order valence-corrected chi connectivity index (χ2v) is 8.29. The third kappa shape index (κ3) is 5.24. The maximum Gasteiger partial charge on any atom is 0.287 e. The number of rotatable bonds is 8. The average Bonchev–Trinajstić information content (AvgIpc) is 3.62. The number of amides is 1. The predicted octanol–water partition coefficient (Wildman–Crippen LogP) is 6.34. The first kappa shape index (κ1) is 25.7. The molecule has 3 aromatic carbocycles. The highest BCUT2D eigenvalue weighted by Crippen LogP contribution is 2.30. The summed E-state index contributed by atoms with van der Waals surface area (Å²) in [5.74, 6) is -13.1. The molecule has 2 heterocycles. The van der Waals surface area contributed by atoms with Gasteiger partial charge >= 0.3 is 0 Å². The van der Waals surface area contributed by atoms with E-state index in [9.17, 15) is 26.7 Å². The Hall–Kier alpha value is -4.93. The Morgan fingerprint density at radius 1 is 0.821 bits per heavy atom. The van der Waals surface area contributed by atoms with Crippen molar-refractivity contribution in [2.45, 2.75) is 13.2 Å². The van der Waals surface area contributed by atoms with E-state index in [1.54, 1.807) is 10.9 Å².